The summed E-state index contributed by atoms with van der Waals surface area (Å²) in [4.78, 5) is 0. The highest BCUT2D eigenvalue weighted by atomic mass is 16.3. The Morgan fingerprint density at radius 2 is 1.18 bits per heavy atom. The Morgan fingerprint density at radius 1 is 0.622 bits per heavy atom. The first kappa shape index (κ1) is 26.1. The molecule has 0 aliphatic rings. The Hall–Kier alpha value is -5.35. The number of hydrogen-bond acceptors (Lipinski definition) is 1. The van der Waals surface area contributed by atoms with Crippen LogP contribution in [0, 0.1) is 6.92 Å². The second kappa shape index (κ2) is 9.09. The van der Waals surface area contributed by atoms with Gasteiger partial charge in [0, 0.05) is 38.6 Å². The van der Waals surface area contributed by atoms with Crippen molar-refractivity contribution in [2.75, 3.05) is 0 Å². The van der Waals surface area contributed by atoms with Crippen LogP contribution in [0.25, 0.3) is 77.1 Å². The van der Waals surface area contributed by atoms with Crippen LogP contribution in [-0.2, 0) is 12.5 Å². The molecule has 0 radical (unpaired) electrons. The third-order valence-corrected chi connectivity index (χ3v) is 9.60. The minimum absolute atomic E-state index is 0.0997. The third kappa shape index (κ3) is 3.51. The summed E-state index contributed by atoms with van der Waals surface area (Å²) in [6, 6.07) is 39.2. The fourth-order valence-electron chi connectivity index (χ4n) is 7.88. The molecule has 0 saturated carbocycles. The van der Waals surface area contributed by atoms with Crippen LogP contribution in [-0.4, -0.2) is 9.13 Å². The molecule has 4 heteroatoms. The maximum atomic E-state index is 6.80. The van der Waals surface area contributed by atoms with Crippen molar-refractivity contribution < 1.29 is 8.98 Å². The molecule has 0 N–H and O–H groups in total. The first-order chi connectivity index (χ1) is 21.8. The second-order valence-electron chi connectivity index (χ2n) is 13.4. The van der Waals surface area contributed by atoms with Gasteiger partial charge in [0.2, 0.25) is 0 Å². The predicted molar refractivity (Wildman–Crippen MR) is 187 cm³/mol. The molecule has 0 fully saturated rings. The number of nitrogens with zero attached hydrogens (tertiary/aromatic N) is 3. The van der Waals surface area contributed by atoms with Crippen LogP contribution >= 0.6 is 0 Å². The van der Waals surface area contributed by atoms with E-state index < -0.39 is 0 Å². The molecule has 45 heavy (non-hydrogen) atoms. The van der Waals surface area contributed by atoms with Crippen molar-refractivity contribution in [3.63, 3.8) is 0 Å². The molecule has 0 amide bonds. The maximum absolute atomic E-state index is 6.80. The number of rotatable bonds is 2. The van der Waals surface area contributed by atoms with Crippen LogP contribution in [0.15, 0.2) is 120 Å². The Balaban J connectivity index is 1.45. The van der Waals surface area contributed by atoms with Gasteiger partial charge in [-0.1, -0.05) is 87.5 Å². The molecule has 5 aromatic carbocycles. The number of para-hydroxylation sites is 4. The van der Waals surface area contributed by atoms with Gasteiger partial charge in [-0.05, 0) is 48.2 Å². The molecule has 9 rings (SSSR count). The van der Waals surface area contributed by atoms with Gasteiger partial charge in [-0.25, -0.2) is 4.57 Å². The average molecular weight is 585 g/mol. The molecule has 4 heterocycles. The highest BCUT2D eigenvalue weighted by Crippen LogP contribution is 2.47. The summed E-state index contributed by atoms with van der Waals surface area (Å²) in [5.41, 5.74) is 10.3. The van der Waals surface area contributed by atoms with Crippen LogP contribution in [0.2, 0.25) is 0 Å². The molecule has 0 saturated heterocycles. The molecule has 218 valence electrons. The molecule has 0 bridgehead atoms. The monoisotopic (exact) mass is 584 g/mol. The van der Waals surface area contributed by atoms with E-state index in [9.17, 15) is 0 Å². The maximum Gasteiger partial charge on any atom is 0.288 e. The van der Waals surface area contributed by atoms with E-state index in [4.69, 9.17) is 4.42 Å². The zero-order chi connectivity index (χ0) is 30.6. The number of furan rings is 1. The van der Waals surface area contributed by atoms with Crippen molar-refractivity contribution in [2.45, 2.75) is 33.1 Å². The van der Waals surface area contributed by atoms with E-state index in [0.717, 1.165) is 22.7 Å². The molecule has 0 unspecified atom stereocenters. The average Bonchev–Trinajstić information content (AvgIpc) is 3.69. The van der Waals surface area contributed by atoms with Crippen LogP contribution in [0.4, 0.5) is 0 Å². The zero-order valence-corrected chi connectivity index (χ0v) is 26.2. The number of fused-ring (bicyclic) bond motifs is 10. The standard InChI is InChI=1S/C41H34N3O/c1-25-38(41(2,3)4)36-30-17-9-13-21-34(30)45-40(36)37-29-16-8-12-20-33(29)44(39(25)37)35-24-26(22-23-42(35)5)43-31-18-10-6-14-27(31)28-15-7-11-19-32(28)43/h6-24H,1-5H3/q+1. The fraction of sp³-hybridized carbons (Fsp3) is 0.146. The van der Waals surface area contributed by atoms with Gasteiger partial charge < -0.3 is 8.98 Å². The van der Waals surface area contributed by atoms with Crippen LogP contribution in [0.5, 0.6) is 0 Å². The van der Waals surface area contributed by atoms with Crippen molar-refractivity contribution in [1.29, 1.82) is 0 Å². The van der Waals surface area contributed by atoms with Crippen LogP contribution in [0.3, 0.4) is 0 Å². The first-order valence-electron chi connectivity index (χ1n) is 15.7. The first-order valence-corrected chi connectivity index (χ1v) is 15.7. The van der Waals surface area contributed by atoms with E-state index in [-0.39, 0.29) is 5.41 Å². The summed E-state index contributed by atoms with van der Waals surface area (Å²) in [5.74, 6) is 1.10. The lowest BCUT2D eigenvalue weighted by Gasteiger charge is -2.23. The van der Waals surface area contributed by atoms with Gasteiger partial charge in [0.1, 0.15) is 22.2 Å². The van der Waals surface area contributed by atoms with Crippen LogP contribution < -0.4 is 4.57 Å². The quantitative estimate of drug-likeness (QED) is 0.186. The zero-order valence-electron chi connectivity index (χ0n) is 26.2. The SMILES string of the molecule is Cc1c(C(C)(C)C)c2c3ccccc3oc2c2c3ccccc3n(-c3cc(-n4c5ccccc5c5ccccc54)cc[n+]3C)c12. The minimum Gasteiger partial charge on any atom is -0.455 e. The van der Waals surface area contributed by atoms with Gasteiger partial charge in [-0.2, -0.15) is 4.57 Å². The Morgan fingerprint density at radius 3 is 1.82 bits per heavy atom. The molecule has 4 aromatic heterocycles. The highest BCUT2D eigenvalue weighted by molar-refractivity contribution is 6.26. The molecular formula is C41H34N3O+. The third-order valence-electron chi connectivity index (χ3n) is 9.60. The normalized spacial score (nSPS) is 12.6. The molecule has 4 nitrogen and oxygen atoms in total. The van der Waals surface area contributed by atoms with Gasteiger partial charge in [-0.15, -0.1) is 0 Å². The van der Waals surface area contributed by atoms with E-state index in [1.807, 2.05) is 0 Å². The Kier molecular flexibility index (Phi) is 5.27. The lowest BCUT2D eigenvalue weighted by molar-refractivity contribution is -0.665. The molecule has 0 spiro atoms. The van der Waals surface area contributed by atoms with E-state index >= 15 is 0 Å². The van der Waals surface area contributed by atoms with Crippen molar-refractivity contribution in [3.8, 4) is 11.5 Å². The fourth-order valence-corrected chi connectivity index (χ4v) is 7.88. The van der Waals surface area contributed by atoms with E-state index in [0.29, 0.717) is 0 Å². The smallest absolute Gasteiger partial charge is 0.288 e. The summed E-state index contributed by atoms with van der Waals surface area (Å²) in [7, 11) is 2.14. The summed E-state index contributed by atoms with van der Waals surface area (Å²) in [6.07, 6.45) is 2.19. The van der Waals surface area contributed by atoms with Crippen molar-refractivity contribution >= 4 is 65.6 Å². The summed E-state index contributed by atoms with van der Waals surface area (Å²) < 4.78 is 13.9. The molecule has 0 aliphatic heterocycles. The van der Waals surface area contributed by atoms with Gasteiger partial charge >= 0.3 is 0 Å². The second-order valence-corrected chi connectivity index (χ2v) is 13.4. The predicted octanol–water partition coefficient (Wildman–Crippen LogP) is 10.2. The Labute approximate surface area is 261 Å². The molecule has 0 atom stereocenters. The summed E-state index contributed by atoms with van der Waals surface area (Å²) in [5, 5.41) is 7.30. The largest absolute Gasteiger partial charge is 0.455 e. The molecule has 0 aliphatic carbocycles. The summed E-state index contributed by atoms with van der Waals surface area (Å²) >= 11 is 0. The lowest BCUT2D eigenvalue weighted by Crippen LogP contribution is -2.33. The number of aromatic nitrogens is 3. The topological polar surface area (TPSA) is 26.9 Å². The van der Waals surface area contributed by atoms with Gasteiger partial charge in [0.05, 0.1) is 41.4 Å². The van der Waals surface area contributed by atoms with E-state index in [2.05, 4.69) is 164 Å². The molecule has 9 aromatic rings. The van der Waals surface area contributed by atoms with Crippen LogP contribution in [0.1, 0.15) is 31.9 Å². The number of benzene rings is 5. The van der Waals surface area contributed by atoms with Crippen molar-refractivity contribution in [2.24, 2.45) is 7.05 Å². The van der Waals surface area contributed by atoms with Gasteiger partial charge in [0.25, 0.3) is 5.82 Å². The number of pyridine rings is 1. The Bertz CT molecular complexity index is 2600. The lowest BCUT2D eigenvalue weighted by atomic mass is 9.80. The number of aryl methyl sites for hydroxylation is 2. The van der Waals surface area contributed by atoms with E-state index in [1.54, 1.807) is 0 Å². The van der Waals surface area contributed by atoms with Gasteiger partial charge in [-0.3, -0.25) is 0 Å². The molecular weight excluding hydrogens is 550 g/mol. The highest BCUT2D eigenvalue weighted by Gasteiger charge is 2.32. The van der Waals surface area contributed by atoms with Crippen molar-refractivity contribution in [1.82, 2.24) is 9.13 Å². The van der Waals surface area contributed by atoms with Crippen molar-refractivity contribution in [3.05, 3.63) is 127 Å². The number of hydrogen-bond donors (Lipinski definition) is 0. The van der Waals surface area contributed by atoms with E-state index in [1.165, 1.54) is 65.5 Å². The minimum atomic E-state index is -0.0997. The van der Waals surface area contributed by atoms with Gasteiger partial charge in [0.15, 0.2) is 0 Å². The summed E-state index contributed by atoms with van der Waals surface area (Å²) in [6.45, 7) is 9.26.